The number of nitro benzene ring substituents is 1. The van der Waals surface area contributed by atoms with E-state index in [2.05, 4.69) is 25.4 Å². The molecular weight excluding hydrogens is 384 g/mol. The van der Waals surface area contributed by atoms with Crippen LogP contribution in [0.2, 0.25) is 0 Å². The van der Waals surface area contributed by atoms with Crippen LogP contribution in [0, 0.1) is 16.0 Å². The zero-order valence-corrected chi connectivity index (χ0v) is 16.1. The number of piperidine rings is 1. The number of pyridine rings is 1. The van der Waals surface area contributed by atoms with Crippen molar-refractivity contribution in [1.82, 2.24) is 15.2 Å². The third kappa shape index (κ3) is 4.24. The van der Waals surface area contributed by atoms with Gasteiger partial charge in [-0.25, -0.2) is 0 Å². The Morgan fingerprint density at radius 3 is 2.43 bits per heavy atom. The van der Waals surface area contributed by atoms with Crippen LogP contribution >= 0.6 is 0 Å². The molecule has 0 unspecified atom stereocenters. The molecule has 4 rings (SSSR count). The average Bonchev–Trinajstić information content (AvgIpc) is 2.80. The summed E-state index contributed by atoms with van der Waals surface area (Å²) < 4.78 is 0. The lowest BCUT2D eigenvalue weighted by Gasteiger charge is -2.31. The van der Waals surface area contributed by atoms with E-state index in [1.165, 1.54) is 6.07 Å². The fraction of sp³-hybridized carbons (Fsp3) is 0.238. The molecule has 0 aliphatic carbocycles. The highest BCUT2D eigenvalue weighted by Gasteiger charge is 2.27. The smallest absolute Gasteiger partial charge is 0.292 e. The molecule has 1 aliphatic rings. The molecule has 1 aromatic carbocycles. The van der Waals surface area contributed by atoms with Crippen molar-refractivity contribution < 1.29 is 9.72 Å². The maximum Gasteiger partial charge on any atom is 0.292 e. The predicted molar refractivity (Wildman–Crippen MR) is 112 cm³/mol. The maximum atomic E-state index is 12.6. The molecule has 152 valence electrons. The van der Waals surface area contributed by atoms with Gasteiger partial charge in [-0.05, 0) is 43.2 Å². The van der Waals surface area contributed by atoms with Gasteiger partial charge in [0.15, 0.2) is 5.82 Å². The number of nitrogens with zero attached hydrogens (tertiary/aromatic N) is 5. The standard InChI is InChI=1S/C21H20N6O3/c28-21(23-18-3-1-2-4-19(18)27(29)30)16-9-13-26(14-10-16)20-6-5-17(24-25-20)15-7-11-22-12-8-15/h1-8,11-12,16H,9-10,13-14H2,(H,23,28). The molecule has 9 nitrogen and oxygen atoms in total. The van der Waals surface area contributed by atoms with Gasteiger partial charge in [0.25, 0.3) is 5.69 Å². The highest BCUT2D eigenvalue weighted by Crippen LogP contribution is 2.27. The Labute approximate surface area is 172 Å². The largest absolute Gasteiger partial charge is 0.355 e. The van der Waals surface area contributed by atoms with Gasteiger partial charge in [0.1, 0.15) is 5.69 Å². The Morgan fingerprint density at radius 2 is 1.77 bits per heavy atom. The average molecular weight is 404 g/mol. The first-order valence-corrected chi connectivity index (χ1v) is 9.65. The normalized spacial score (nSPS) is 14.3. The van der Waals surface area contributed by atoms with Crippen molar-refractivity contribution in [3.8, 4) is 11.3 Å². The zero-order chi connectivity index (χ0) is 20.9. The molecule has 1 N–H and O–H groups in total. The summed E-state index contributed by atoms with van der Waals surface area (Å²) in [6.45, 7) is 1.33. The predicted octanol–water partition coefficient (Wildman–Crippen LogP) is 3.30. The van der Waals surface area contributed by atoms with Gasteiger partial charge in [-0.3, -0.25) is 19.9 Å². The van der Waals surface area contributed by atoms with Crippen molar-refractivity contribution in [2.45, 2.75) is 12.8 Å². The van der Waals surface area contributed by atoms with E-state index in [9.17, 15) is 14.9 Å². The summed E-state index contributed by atoms with van der Waals surface area (Å²) in [5.41, 5.74) is 1.86. The van der Waals surface area contributed by atoms with Crippen LogP contribution in [0.4, 0.5) is 17.2 Å². The number of nitro groups is 1. The highest BCUT2D eigenvalue weighted by atomic mass is 16.6. The van der Waals surface area contributed by atoms with Gasteiger partial charge in [0.2, 0.25) is 5.91 Å². The van der Waals surface area contributed by atoms with Gasteiger partial charge in [-0.15, -0.1) is 10.2 Å². The van der Waals surface area contributed by atoms with E-state index in [4.69, 9.17) is 0 Å². The van der Waals surface area contributed by atoms with E-state index in [0.29, 0.717) is 25.9 Å². The van der Waals surface area contributed by atoms with Crippen molar-refractivity contribution in [3.05, 3.63) is 71.0 Å². The minimum absolute atomic E-state index is 0.104. The second kappa shape index (κ2) is 8.64. The maximum absolute atomic E-state index is 12.6. The summed E-state index contributed by atoms with van der Waals surface area (Å²) in [4.78, 5) is 29.3. The molecule has 0 atom stereocenters. The zero-order valence-electron chi connectivity index (χ0n) is 16.1. The number of amides is 1. The molecule has 1 fully saturated rings. The van der Waals surface area contributed by atoms with Gasteiger partial charge >= 0.3 is 0 Å². The van der Waals surface area contributed by atoms with E-state index < -0.39 is 4.92 Å². The number of aromatic nitrogens is 3. The van der Waals surface area contributed by atoms with Crippen molar-refractivity contribution in [3.63, 3.8) is 0 Å². The summed E-state index contributed by atoms with van der Waals surface area (Å²) in [7, 11) is 0. The minimum atomic E-state index is -0.494. The lowest BCUT2D eigenvalue weighted by molar-refractivity contribution is -0.383. The topological polar surface area (TPSA) is 114 Å². The van der Waals surface area contributed by atoms with Crippen LogP contribution in [0.1, 0.15) is 12.8 Å². The second-order valence-corrected chi connectivity index (χ2v) is 7.04. The molecule has 2 aromatic heterocycles. The van der Waals surface area contributed by atoms with Crippen LogP contribution in [0.3, 0.4) is 0 Å². The first-order chi connectivity index (χ1) is 14.6. The summed E-state index contributed by atoms with van der Waals surface area (Å²) in [5, 5.41) is 22.5. The molecule has 0 spiro atoms. The van der Waals surface area contributed by atoms with Crippen LogP contribution < -0.4 is 10.2 Å². The molecule has 0 saturated carbocycles. The Kier molecular flexibility index (Phi) is 5.60. The monoisotopic (exact) mass is 404 g/mol. The van der Waals surface area contributed by atoms with E-state index in [1.807, 2.05) is 24.3 Å². The molecule has 1 amide bonds. The number of hydrogen-bond acceptors (Lipinski definition) is 7. The van der Waals surface area contributed by atoms with Crippen molar-refractivity contribution in [1.29, 1.82) is 0 Å². The van der Waals surface area contributed by atoms with Crippen LogP contribution in [-0.4, -0.2) is 39.1 Å². The third-order valence-corrected chi connectivity index (χ3v) is 5.17. The molecule has 1 saturated heterocycles. The van der Waals surface area contributed by atoms with E-state index >= 15 is 0 Å². The SMILES string of the molecule is O=C(Nc1ccccc1[N+](=O)[O-])C1CCN(c2ccc(-c3ccncc3)nn2)CC1. The lowest BCUT2D eigenvalue weighted by Crippen LogP contribution is -2.38. The summed E-state index contributed by atoms with van der Waals surface area (Å²) in [5.74, 6) is 0.374. The number of carbonyl (C=O) groups excluding carboxylic acids is 1. The number of para-hydroxylation sites is 2. The van der Waals surface area contributed by atoms with Gasteiger partial charge in [0.05, 0.1) is 10.6 Å². The first-order valence-electron chi connectivity index (χ1n) is 9.65. The Bertz CT molecular complexity index is 1030. The molecule has 3 heterocycles. The van der Waals surface area contributed by atoms with Crippen molar-refractivity contribution in [2.24, 2.45) is 5.92 Å². The van der Waals surface area contributed by atoms with Gasteiger partial charge in [-0.2, -0.15) is 0 Å². The third-order valence-electron chi connectivity index (χ3n) is 5.17. The number of nitrogens with one attached hydrogen (secondary N) is 1. The van der Waals surface area contributed by atoms with Gasteiger partial charge in [-0.1, -0.05) is 12.1 Å². The van der Waals surface area contributed by atoms with Crippen molar-refractivity contribution >= 4 is 23.1 Å². The molecule has 0 bridgehead atoms. The second-order valence-electron chi connectivity index (χ2n) is 7.04. The molecule has 30 heavy (non-hydrogen) atoms. The van der Waals surface area contributed by atoms with E-state index in [0.717, 1.165) is 17.1 Å². The van der Waals surface area contributed by atoms with E-state index in [-0.39, 0.29) is 23.2 Å². The van der Waals surface area contributed by atoms with Gasteiger partial charge in [0, 0.05) is 43.0 Å². The van der Waals surface area contributed by atoms with Crippen molar-refractivity contribution in [2.75, 3.05) is 23.3 Å². The fourth-order valence-electron chi connectivity index (χ4n) is 3.51. The van der Waals surface area contributed by atoms with Crippen LogP contribution in [-0.2, 0) is 4.79 Å². The molecule has 1 aliphatic heterocycles. The molecular formula is C21H20N6O3. The van der Waals surface area contributed by atoms with Crippen LogP contribution in [0.15, 0.2) is 60.9 Å². The molecule has 9 heteroatoms. The Balaban J connectivity index is 1.36. The Hall–Kier alpha value is -3.88. The molecule has 0 radical (unpaired) electrons. The number of carbonyl (C=O) groups is 1. The number of rotatable bonds is 5. The Morgan fingerprint density at radius 1 is 1.03 bits per heavy atom. The fourth-order valence-corrected chi connectivity index (χ4v) is 3.51. The summed E-state index contributed by atoms with van der Waals surface area (Å²) >= 11 is 0. The lowest BCUT2D eigenvalue weighted by atomic mass is 9.95. The van der Waals surface area contributed by atoms with E-state index in [1.54, 1.807) is 30.6 Å². The van der Waals surface area contributed by atoms with Gasteiger partial charge < -0.3 is 10.2 Å². The molecule has 3 aromatic rings. The summed E-state index contributed by atoms with van der Waals surface area (Å²) in [6, 6.07) is 13.8. The number of anilines is 2. The van der Waals surface area contributed by atoms with Crippen LogP contribution in [0.25, 0.3) is 11.3 Å². The minimum Gasteiger partial charge on any atom is -0.355 e. The summed E-state index contributed by atoms with van der Waals surface area (Å²) in [6.07, 6.45) is 4.70. The highest BCUT2D eigenvalue weighted by molar-refractivity contribution is 5.94. The quantitative estimate of drug-likeness (QED) is 0.512. The van der Waals surface area contributed by atoms with Crippen LogP contribution in [0.5, 0.6) is 0 Å². The first kappa shape index (κ1) is 19.4. The number of hydrogen-bond donors (Lipinski definition) is 1. The number of benzene rings is 1.